The van der Waals surface area contributed by atoms with Crippen molar-refractivity contribution < 1.29 is 24.0 Å². The molecule has 4 atom stereocenters. The Hall–Kier alpha value is -2.77. The number of anilines is 1. The first-order valence-corrected chi connectivity index (χ1v) is 9.91. The molecule has 2 rings (SSSR count). The Morgan fingerprint density at radius 3 is 2.55 bits per heavy atom. The lowest BCUT2D eigenvalue weighted by atomic mass is 9.88. The van der Waals surface area contributed by atoms with Gasteiger partial charge in [0.05, 0.1) is 6.42 Å². The lowest BCUT2D eigenvalue weighted by molar-refractivity contribution is -0.490. The van der Waals surface area contributed by atoms with Gasteiger partial charge in [-0.15, -0.1) is 0 Å². The van der Waals surface area contributed by atoms with Gasteiger partial charge in [0, 0.05) is 28.9 Å². The highest BCUT2D eigenvalue weighted by molar-refractivity contribution is 5.93. The van der Waals surface area contributed by atoms with Gasteiger partial charge in [-0.3, -0.25) is 24.5 Å². The van der Waals surface area contributed by atoms with Crippen LogP contribution in [0.5, 0.6) is 0 Å². The maximum atomic E-state index is 12.1. The van der Waals surface area contributed by atoms with Crippen LogP contribution in [0.3, 0.4) is 0 Å². The van der Waals surface area contributed by atoms with E-state index in [-0.39, 0.29) is 31.1 Å². The highest BCUT2D eigenvalue weighted by atomic mass is 16.6. The maximum Gasteiger partial charge on any atom is 0.307 e. The van der Waals surface area contributed by atoms with E-state index in [9.17, 15) is 24.5 Å². The Morgan fingerprint density at radius 1 is 1.31 bits per heavy atom. The number of nitrogens with zero attached hydrogens (tertiary/aromatic N) is 1. The fourth-order valence-corrected chi connectivity index (χ4v) is 3.71. The molecule has 0 aliphatic heterocycles. The predicted molar refractivity (Wildman–Crippen MR) is 107 cm³/mol. The standard InChI is InChI=1S/C21H28N2O6/c1-4-13(2)15-5-7-16(8-6-15)22-20(25)12-29-21(26)10-17-18(11-23(27)28)14(3)9-19(17)24/h5-8,13-14,17-18H,4,9-12H2,1-3H3,(H,22,25)/t13-,14-,17+,18-/m1/s1. The number of benzene rings is 1. The highest BCUT2D eigenvalue weighted by Gasteiger charge is 2.44. The quantitative estimate of drug-likeness (QED) is 0.384. The van der Waals surface area contributed by atoms with Gasteiger partial charge >= 0.3 is 5.97 Å². The molecule has 1 aromatic rings. The number of carbonyl (C=O) groups is 3. The van der Waals surface area contributed by atoms with Crippen LogP contribution in [0.25, 0.3) is 0 Å². The molecule has 1 fully saturated rings. The Labute approximate surface area is 170 Å². The molecule has 8 nitrogen and oxygen atoms in total. The van der Waals surface area contributed by atoms with Crippen molar-refractivity contribution in [3.05, 3.63) is 39.9 Å². The molecule has 0 spiro atoms. The number of amides is 1. The van der Waals surface area contributed by atoms with E-state index in [1.807, 2.05) is 12.1 Å². The lowest BCUT2D eigenvalue weighted by Gasteiger charge is -2.17. The van der Waals surface area contributed by atoms with Gasteiger partial charge in [0.25, 0.3) is 5.91 Å². The van der Waals surface area contributed by atoms with E-state index in [1.165, 1.54) is 5.56 Å². The van der Waals surface area contributed by atoms with Crippen molar-refractivity contribution >= 4 is 23.3 Å². The molecule has 0 saturated heterocycles. The summed E-state index contributed by atoms with van der Waals surface area (Å²) in [4.78, 5) is 46.5. The number of ketones is 1. The summed E-state index contributed by atoms with van der Waals surface area (Å²) in [6.07, 6.45) is 1.01. The SMILES string of the molecule is CC[C@@H](C)c1ccc(NC(=O)COC(=O)C[C@@H]2C(=O)C[C@@H](C)[C@H]2C[N+](=O)[O-])cc1. The molecule has 1 amide bonds. The molecular formula is C21H28N2O6. The number of Topliss-reactive ketones (excluding diaryl/α,β-unsaturated/α-hetero) is 1. The van der Waals surface area contributed by atoms with E-state index in [0.717, 1.165) is 6.42 Å². The zero-order valence-corrected chi connectivity index (χ0v) is 17.1. The minimum atomic E-state index is -0.723. The third-order valence-electron chi connectivity index (χ3n) is 5.67. The van der Waals surface area contributed by atoms with Gasteiger partial charge in [-0.1, -0.05) is 32.9 Å². The highest BCUT2D eigenvalue weighted by Crippen LogP contribution is 2.36. The second-order valence-corrected chi connectivity index (χ2v) is 7.78. The van der Waals surface area contributed by atoms with Crippen molar-refractivity contribution in [2.75, 3.05) is 18.5 Å². The number of nitrogens with one attached hydrogen (secondary N) is 1. The predicted octanol–water partition coefficient (Wildman–Crippen LogP) is 3.19. The Bertz CT molecular complexity index is 761. The molecule has 0 bridgehead atoms. The molecule has 1 aliphatic carbocycles. The van der Waals surface area contributed by atoms with Crippen molar-refractivity contribution in [3.8, 4) is 0 Å². The number of esters is 1. The fraction of sp³-hybridized carbons (Fsp3) is 0.571. The van der Waals surface area contributed by atoms with Gasteiger partial charge in [-0.2, -0.15) is 0 Å². The van der Waals surface area contributed by atoms with Crippen molar-refractivity contribution in [2.45, 2.75) is 46.0 Å². The van der Waals surface area contributed by atoms with Crippen LogP contribution in [0.1, 0.15) is 51.5 Å². The molecule has 1 aromatic carbocycles. The number of rotatable bonds is 9. The van der Waals surface area contributed by atoms with Gasteiger partial charge in [0.2, 0.25) is 6.54 Å². The fourth-order valence-electron chi connectivity index (χ4n) is 3.71. The summed E-state index contributed by atoms with van der Waals surface area (Å²) in [5, 5.41) is 13.5. The normalized spacial score (nSPS) is 22.2. The van der Waals surface area contributed by atoms with Gasteiger partial charge in [-0.25, -0.2) is 0 Å². The van der Waals surface area contributed by atoms with Crippen LogP contribution in [0.2, 0.25) is 0 Å². The van der Waals surface area contributed by atoms with Crippen molar-refractivity contribution in [1.82, 2.24) is 0 Å². The average Bonchev–Trinajstić information content (AvgIpc) is 2.93. The summed E-state index contributed by atoms with van der Waals surface area (Å²) in [6, 6.07) is 7.47. The molecule has 0 aromatic heterocycles. The summed E-state index contributed by atoms with van der Waals surface area (Å²) in [5.41, 5.74) is 1.78. The molecule has 158 valence electrons. The Morgan fingerprint density at radius 2 is 1.97 bits per heavy atom. The topological polar surface area (TPSA) is 116 Å². The summed E-state index contributed by atoms with van der Waals surface area (Å²) in [6.45, 7) is 5.19. The molecule has 1 aliphatic rings. The van der Waals surface area contributed by atoms with Gasteiger partial charge in [-0.05, 0) is 36.0 Å². The third kappa shape index (κ3) is 6.37. The summed E-state index contributed by atoms with van der Waals surface area (Å²) in [5.74, 6) is -2.27. The largest absolute Gasteiger partial charge is 0.456 e. The van der Waals surface area contributed by atoms with Crippen molar-refractivity contribution in [3.63, 3.8) is 0 Å². The lowest BCUT2D eigenvalue weighted by Crippen LogP contribution is -2.28. The van der Waals surface area contributed by atoms with Gasteiger partial charge in [0.1, 0.15) is 5.78 Å². The van der Waals surface area contributed by atoms with E-state index < -0.39 is 35.2 Å². The molecule has 29 heavy (non-hydrogen) atoms. The molecule has 0 unspecified atom stereocenters. The first-order valence-electron chi connectivity index (χ1n) is 9.91. The first kappa shape index (κ1) is 22.5. The van der Waals surface area contributed by atoms with Gasteiger partial charge in [0.15, 0.2) is 6.61 Å². The van der Waals surface area contributed by atoms with E-state index in [1.54, 1.807) is 19.1 Å². The van der Waals surface area contributed by atoms with E-state index in [2.05, 4.69) is 19.2 Å². The Balaban J connectivity index is 1.83. The van der Waals surface area contributed by atoms with Crippen LogP contribution in [-0.2, 0) is 19.1 Å². The number of carbonyl (C=O) groups excluding carboxylic acids is 3. The molecule has 1 saturated carbocycles. The van der Waals surface area contributed by atoms with Crippen LogP contribution in [0.4, 0.5) is 5.69 Å². The third-order valence-corrected chi connectivity index (χ3v) is 5.67. The van der Waals surface area contributed by atoms with Crippen LogP contribution in [-0.4, -0.2) is 35.7 Å². The van der Waals surface area contributed by atoms with Crippen LogP contribution < -0.4 is 5.32 Å². The number of ether oxygens (including phenoxy) is 1. The van der Waals surface area contributed by atoms with E-state index >= 15 is 0 Å². The van der Waals surface area contributed by atoms with Crippen molar-refractivity contribution in [2.24, 2.45) is 17.8 Å². The Kier molecular flexibility index (Phi) is 7.87. The average molecular weight is 404 g/mol. The molecule has 0 radical (unpaired) electrons. The molecule has 1 N–H and O–H groups in total. The van der Waals surface area contributed by atoms with Crippen molar-refractivity contribution in [1.29, 1.82) is 0 Å². The number of nitro groups is 1. The number of hydrogen-bond donors (Lipinski definition) is 1. The minimum Gasteiger partial charge on any atom is -0.456 e. The van der Waals surface area contributed by atoms with E-state index in [4.69, 9.17) is 4.74 Å². The summed E-state index contributed by atoms with van der Waals surface area (Å²) < 4.78 is 4.98. The molecule has 0 heterocycles. The first-order chi connectivity index (χ1) is 13.7. The zero-order chi connectivity index (χ0) is 21.6. The van der Waals surface area contributed by atoms with E-state index in [0.29, 0.717) is 11.6 Å². The number of hydrogen-bond acceptors (Lipinski definition) is 6. The molecule has 8 heteroatoms. The van der Waals surface area contributed by atoms with Crippen LogP contribution in [0.15, 0.2) is 24.3 Å². The molecular weight excluding hydrogens is 376 g/mol. The minimum absolute atomic E-state index is 0.146. The summed E-state index contributed by atoms with van der Waals surface area (Å²) in [7, 11) is 0. The van der Waals surface area contributed by atoms with Gasteiger partial charge < -0.3 is 10.1 Å². The van der Waals surface area contributed by atoms with Crippen LogP contribution >= 0.6 is 0 Å². The smallest absolute Gasteiger partial charge is 0.307 e. The van der Waals surface area contributed by atoms with Crippen LogP contribution in [0, 0.1) is 27.9 Å². The zero-order valence-electron chi connectivity index (χ0n) is 17.1. The maximum absolute atomic E-state index is 12.1. The summed E-state index contributed by atoms with van der Waals surface area (Å²) >= 11 is 0. The monoisotopic (exact) mass is 404 g/mol. The second-order valence-electron chi connectivity index (χ2n) is 7.78. The second kappa shape index (κ2) is 10.1.